The minimum absolute atomic E-state index is 0.0933. The van der Waals surface area contributed by atoms with Crippen LogP contribution in [0.2, 0.25) is 4.34 Å². The largest absolute Gasteiger partial charge is 0.394 e. The Kier molecular flexibility index (Phi) is 4.04. The number of aliphatic hydroxyl groups excluding tert-OH is 1. The van der Waals surface area contributed by atoms with Gasteiger partial charge in [-0.3, -0.25) is 4.79 Å². The summed E-state index contributed by atoms with van der Waals surface area (Å²) in [5.41, 5.74) is -0.599. The molecule has 0 spiro atoms. The van der Waals surface area contributed by atoms with E-state index in [1.165, 1.54) is 11.3 Å². The number of thiophene rings is 1. The van der Waals surface area contributed by atoms with Crippen molar-refractivity contribution in [2.75, 3.05) is 19.8 Å². The Balaban J connectivity index is 1.92. The maximum atomic E-state index is 11.8. The third kappa shape index (κ3) is 3.19. The molecule has 2 rings (SSSR count). The molecule has 6 heteroatoms. The van der Waals surface area contributed by atoms with Crippen molar-refractivity contribution in [3.05, 3.63) is 21.3 Å². The first-order valence-corrected chi connectivity index (χ1v) is 6.57. The number of hydrogen-bond acceptors (Lipinski definition) is 4. The van der Waals surface area contributed by atoms with Gasteiger partial charge in [-0.25, -0.2) is 0 Å². The topological polar surface area (TPSA) is 58.6 Å². The van der Waals surface area contributed by atoms with Gasteiger partial charge >= 0.3 is 0 Å². The molecular weight excluding hydrogens is 262 g/mol. The maximum absolute atomic E-state index is 11.8. The minimum atomic E-state index is -0.599. The van der Waals surface area contributed by atoms with Crippen LogP contribution < -0.4 is 5.32 Å². The highest BCUT2D eigenvalue weighted by Crippen LogP contribution is 2.22. The third-order valence-electron chi connectivity index (χ3n) is 2.77. The van der Waals surface area contributed by atoms with E-state index >= 15 is 0 Å². The van der Waals surface area contributed by atoms with E-state index in [-0.39, 0.29) is 12.5 Å². The average Bonchev–Trinajstić information content (AvgIpc) is 2.89. The van der Waals surface area contributed by atoms with Crippen LogP contribution in [0.15, 0.2) is 12.1 Å². The first kappa shape index (κ1) is 12.8. The minimum Gasteiger partial charge on any atom is -0.394 e. The monoisotopic (exact) mass is 275 g/mol. The van der Waals surface area contributed by atoms with Gasteiger partial charge in [-0.05, 0) is 18.6 Å². The van der Waals surface area contributed by atoms with E-state index in [2.05, 4.69) is 5.32 Å². The summed E-state index contributed by atoms with van der Waals surface area (Å²) in [5.74, 6) is -0.108. The summed E-state index contributed by atoms with van der Waals surface area (Å²) in [7, 11) is 0. The van der Waals surface area contributed by atoms with Crippen molar-refractivity contribution in [2.45, 2.75) is 18.4 Å². The molecule has 1 amide bonds. The number of rotatable bonds is 4. The van der Waals surface area contributed by atoms with Crippen LogP contribution in [0, 0.1) is 0 Å². The van der Waals surface area contributed by atoms with Gasteiger partial charge in [0.25, 0.3) is 0 Å². The van der Waals surface area contributed by atoms with E-state index < -0.39 is 5.54 Å². The molecule has 1 unspecified atom stereocenters. The molecule has 0 aliphatic carbocycles. The second kappa shape index (κ2) is 5.35. The lowest BCUT2D eigenvalue weighted by Gasteiger charge is -2.26. The number of carbonyl (C=O) groups excluding carboxylic acids is 1. The van der Waals surface area contributed by atoms with Crippen LogP contribution in [0.5, 0.6) is 0 Å². The SMILES string of the molecule is O=C(Cc1ccc(Cl)s1)NC1(CO)CCOC1. The summed E-state index contributed by atoms with van der Waals surface area (Å²) in [6.07, 6.45) is 0.944. The van der Waals surface area contributed by atoms with E-state index in [4.69, 9.17) is 16.3 Å². The molecule has 1 aliphatic heterocycles. The number of ether oxygens (including phenoxy) is 1. The normalized spacial score (nSPS) is 23.9. The van der Waals surface area contributed by atoms with E-state index in [9.17, 15) is 9.90 Å². The van der Waals surface area contributed by atoms with Crippen LogP contribution in [-0.4, -0.2) is 36.4 Å². The molecule has 0 radical (unpaired) electrons. The molecule has 17 heavy (non-hydrogen) atoms. The lowest BCUT2D eigenvalue weighted by Crippen LogP contribution is -2.52. The molecule has 1 saturated heterocycles. The molecule has 1 aliphatic rings. The van der Waals surface area contributed by atoms with Crippen LogP contribution in [0.3, 0.4) is 0 Å². The number of carbonyl (C=O) groups is 1. The number of hydrogen-bond donors (Lipinski definition) is 2. The van der Waals surface area contributed by atoms with Crippen LogP contribution in [0.1, 0.15) is 11.3 Å². The van der Waals surface area contributed by atoms with Crippen molar-refractivity contribution in [1.29, 1.82) is 0 Å². The number of amides is 1. The highest BCUT2D eigenvalue weighted by molar-refractivity contribution is 7.16. The van der Waals surface area contributed by atoms with Gasteiger partial charge in [0.15, 0.2) is 0 Å². The second-order valence-electron chi connectivity index (χ2n) is 4.17. The first-order valence-electron chi connectivity index (χ1n) is 5.37. The highest BCUT2D eigenvalue weighted by atomic mass is 35.5. The quantitative estimate of drug-likeness (QED) is 0.868. The fraction of sp³-hybridized carbons (Fsp3) is 0.545. The molecule has 1 atom stereocenters. The van der Waals surface area contributed by atoms with Crippen LogP contribution in [0.4, 0.5) is 0 Å². The van der Waals surface area contributed by atoms with E-state index in [1.54, 1.807) is 6.07 Å². The van der Waals surface area contributed by atoms with Gasteiger partial charge in [-0.15, -0.1) is 11.3 Å². The fourth-order valence-corrected chi connectivity index (χ4v) is 2.90. The molecule has 0 aromatic carbocycles. The molecule has 2 N–H and O–H groups in total. The zero-order valence-electron chi connectivity index (χ0n) is 9.24. The van der Waals surface area contributed by atoms with Gasteiger partial charge in [-0.1, -0.05) is 11.6 Å². The predicted octanol–water partition coefficient (Wildman–Crippen LogP) is 1.21. The van der Waals surface area contributed by atoms with Gasteiger partial charge in [0.1, 0.15) is 0 Å². The van der Waals surface area contributed by atoms with Crippen molar-refractivity contribution in [1.82, 2.24) is 5.32 Å². The fourth-order valence-electron chi connectivity index (χ4n) is 1.82. The highest BCUT2D eigenvalue weighted by Gasteiger charge is 2.35. The van der Waals surface area contributed by atoms with Crippen molar-refractivity contribution in [2.24, 2.45) is 0 Å². The molecule has 2 heterocycles. The smallest absolute Gasteiger partial charge is 0.225 e. The number of aliphatic hydroxyl groups is 1. The predicted molar refractivity (Wildman–Crippen MR) is 66.4 cm³/mol. The Hall–Kier alpha value is -0.620. The van der Waals surface area contributed by atoms with Gasteiger partial charge < -0.3 is 15.2 Å². The Labute approximate surface area is 109 Å². The van der Waals surface area contributed by atoms with Crippen molar-refractivity contribution < 1.29 is 14.6 Å². The molecule has 0 bridgehead atoms. The molecule has 1 aromatic rings. The third-order valence-corrected chi connectivity index (χ3v) is 4.01. The molecule has 94 valence electrons. The summed E-state index contributed by atoms with van der Waals surface area (Å²) in [4.78, 5) is 12.7. The summed E-state index contributed by atoms with van der Waals surface area (Å²) >= 11 is 7.19. The van der Waals surface area contributed by atoms with Gasteiger partial charge in [0.2, 0.25) is 5.91 Å². The summed E-state index contributed by atoms with van der Waals surface area (Å²) in [6.45, 7) is 0.857. The molecular formula is C11H14ClNO3S. The first-order chi connectivity index (χ1) is 8.13. The van der Waals surface area contributed by atoms with Crippen LogP contribution in [0.25, 0.3) is 0 Å². The van der Waals surface area contributed by atoms with E-state index in [0.29, 0.717) is 30.4 Å². The zero-order chi connectivity index (χ0) is 12.3. The lowest BCUT2D eigenvalue weighted by atomic mass is 10.00. The average molecular weight is 276 g/mol. The molecule has 4 nitrogen and oxygen atoms in total. The van der Waals surface area contributed by atoms with Crippen molar-refractivity contribution in [3.8, 4) is 0 Å². The summed E-state index contributed by atoms with van der Waals surface area (Å²) in [6, 6.07) is 3.61. The Morgan fingerprint density at radius 1 is 1.65 bits per heavy atom. The van der Waals surface area contributed by atoms with E-state index in [1.807, 2.05) is 6.07 Å². The van der Waals surface area contributed by atoms with Crippen LogP contribution >= 0.6 is 22.9 Å². The maximum Gasteiger partial charge on any atom is 0.225 e. The molecule has 0 saturated carbocycles. The van der Waals surface area contributed by atoms with Crippen molar-refractivity contribution in [3.63, 3.8) is 0 Å². The van der Waals surface area contributed by atoms with Gasteiger partial charge in [-0.2, -0.15) is 0 Å². The Morgan fingerprint density at radius 2 is 2.47 bits per heavy atom. The Bertz CT molecular complexity index is 401. The Morgan fingerprint density at radius 3 is 3.00 bits per heavy atom. The van der Waals surface area contributed by atoms with Gasteiger partial charge in [0.05, 0.1) is 29.5 Å². The van der Waals surface area contributed by atoms with Crippen LogP contribution in [-0.2, 0) is 16.0 Å². The lowest BCUT2D eigenvalue weighted by molar-refractivity contribution is -0.123. The number of halogens is 1. The van der Waals surface area contributed by atoms with Gasteiger partial charge in [0, 0.05) is 11.5 Å². The standard InChI is InChI=1S/C11H14ClNO3S/c12-9-2-1-8(17-9)5-10(15)13-11(6-14)3-4-16-7-11/h1-2,14H,3-7H2,(H,13,15). The molecule has 1 fully saturated rings. The zero-order valence-corrected chi connectivity index (χ0v) is 10.8. The van der Waals surface area contributed by atoms with E-state index in [0.717, 1.165) is 4.88 Å². The second-order valence-corrected chi connectivity index (χ2v) is 5.97. The summed E-state index contributed by atoms with van der Waals surface area (Å²) < 4.78 is 5.89. The van der Waals surface area contributed by atoms with Crippen molar-refractivity contribution >= 4 is 28.8 Å². The number of nitrogens with one attached hydrogen (secondary N) is 1. The summed E-state index contributed by atoms with van der Waals surface area (Å²) in [5, 5.41) is 12.2. The molecule has 1 aromatic heterocycles.